The molecule has 1 heterocycles. The van der Waals surface area contributed by atoms with Gasteiger partial charge in [-0.15, -0.1) is 6.58 Å². The van der Waals surface area contributed by atoms with Crippen LogP contribution in [0.5, 0.6) is 0 Å². The van der Waals surface area contributed by atoms with Crippen molar-refractivity contribution < 1.29 is 4.79 Å². The van der Waals surface area contributed by atoms with Gasteiger partial charge in [-0.1, -0.05) is 69.5 Å². The molecule has 5 nitrogen and oxygen atoms in total. The number of rotatable bonds is 8. The number of hydrogen-bond acceptors (Lipinski definition) is 4. The first-order valence-corrected chi connectivity index (χ1v) is 10.7. The molecule has 1 aliphatic rings. The van der Waals surface area contributed by atoms with E-state index in [-0.39, 0.29) is 23.9 Å². The minimum Gasteiger partial charge on any atom is -0.352 e. The van der Waals surface area contributed by atoms with Crippen LogP contribution in [0.25, 0.3) is 11.4 Å². The highest BCUT2D eigenvalue weighted by molar-refractivity contribution is 5.85. The Balaban J connectivity index is 1.87. The number of nitrogens with zero attached hydrogens (tertiary/aromatic N) is 3. The first-order valence-electron chi connectivity index (χ1n) is 10.7. The molecule has 0 aliphatic heterocycles. The van der Waals surface area contributed by atoms with E-state index in [1.807, 2.05) is 47.4 Å². The van der Waals surface area contributed by atoms with Crippen LogP contribution in [0.3, 0.4) is 0 Å². The largest absolute Gasteiger partial charge is 0.352 e. The topological polar surface area (TPSA) is 58.1 Å². The van der Waals surface area contributed by atoms with Crippen LogP contribution in [0.1, 0.15) is 46.0 Å². The molecule has 1 aliphatic carbocycles. The maximum absolute atomic E-state index is 13.3. The second-order valence-electron chi connectivity index (χ2n) is 8.08. The van der Waals surface area contributed by atoms with Gasteiger partial charge in [0.2, 0.25) is 5.91 Å². The third-order valence-corrected chi connectivity index (χ3v) is 5.48. The van der Waals surface area contributed by atoms with E-state index in [0.717, 1.165) is 24.2 Å². The predicted octanol–water partition coefficient (Wildman–Crippen LogP) is 4.61. The molecule has 2 aromatic rings. The second kappa shape index (κ2) is 10.2. The van der Waals surface area contributed by atoms with Gasteiger partial charge in [-0.05, 0) is 24.8 Å². The Kier molecular flexibility index (Phi) is 7.39. The Morgan fingerprint density at radius 1 is 1.21 bits per heavy atom. The molecule has 0 radical (unpaired) electrons. The molecule has 1 fully saturated rings. The minimum atomic E-state index is -0.312. The molecule has 5 heteroatoms. The van der Waals surface area contributed by atoms with Crippen molar-refractivity contribution in [1.82, 2.24) is 15.3 Å². The van der Waals surface area contributed by atoms with E-state index < -0.39 is 0 Å². The van der Waals surface area contributed by atoms with Crippen molar-refractivity contribution in [3.63, 3.8) is 0 Å². The van der Waals surface area contributed by atoms with Gasteiger partial charge in [-0.3, -0.25) is 4.79 Å². The summed E-state index contributed by atoms with van der Waals surface area (Å²) in [5.74, 6) is 1.62. The lowest BCUT2D eigenvalue weighted by molar-refractivity contribution is -0.124. The third-order valence-electron chi connectivity index (χ3n) is 5.48. The predicted molar refractivity (Wildman–Crippen MR) is 119 cm³/mol. The molecular formula is C24H32N4O. The molecule has 1 N–H and O–H groups in total. The zero-order chi connectivity index (χ0) is 20.6. The molecule has 1 unspecified atom stereocenters. The average molecular weight is 393 g/mol. The molecule has 0 spiro atoms. The Morgan fingerprint density at radius 3 is 2.59 bits per heavy atom. The summed E-state index contributed by atoms with van der Waals surface area (Å²) in [6, 6.07) is 11.8. The molecule has 1 amide bonds. The number of amides is 1. The van der Waals surface area contributed by atoms with Gasteiger partial charge in [0, 0.05) is 24.3 Å². The van der Waals surface area contributed by atoms with Crippen molar-refractivity contribution in [2.75, 3.05) is 11.4 Å². The lowest BCUT2D eigenvalue weighted by atomic mass is 9.94. The lowest BCUT2D eigenvalue weighted by Crippen LogP contribution is -2.53. The van der Waals surface area contributed by atoms with Gasteiger partial charge in [0.25, 0.3) is 0 Å². The monoisotopic (exact) mass is 392 g/mol. The molecule has 154 valence electrons. The molecule has 0 bridgehead atoms. The van der Waals surface area contributed by atoms with Crippen LogP contribution in [0.2, 0.25) is 0 Å². The summed E-state index contributed by atoms with van der Waals surface area (Å²) in [6.45, 7) is 8.62. The van der Waals surface area contributed by atoms with Crippen LogP contribution >= 0.6 is 0 Å². The van der Waals surface area contributed by atoms with Gasteiger partial charge in [0.05, 0.1) is 0 Å². The quantitative estimate of drug-likeness (QED) is 0.667. The zero-order valence-corrected chi connectivity index (χ0v) is 17.6. The molecule has 29 heavy (non-hydrogen) atoms. The Labute approximate surface area is 174 Å². The lowest BCUT2D eigenvalue weighted by Gasteiger charge is -2.35. The van der Waals surface area contributed by atoms with E-state index in [4.69, 9.17) is 4.98 Å². The van der Waals surface area contributed by atoms with Gasteiger partial charge in [0.1, 0.15) is 11.9 Å². The van der Waals surface area contributed by atoms with Crippen molar-refractivity contribution in [3.8, 4) is 11.4 Å². The number of carbonyl (C=O) groups excluding carboxylic acids is 1. The number of carbonyl (C=O) groups is 1. The first-order chi connectivity index (χ1) is 14.1. The first kappa shape index (κ1) is 21.0. The molecule has 1 aromatic heterocycles. The Hall–Kier alpha value is -2.69. The van der Waals surface area contributed by atoms with Gasteiger partial charge >= 0.3 is 0 Å². The highest BCUT2D eigenvalue weighted by Crippen LogP contribution is 2.24. The number of benzene rings is 1. The number of nitrogens with one attached hydrogen (secondary N) is 1. The van der Waals surface area contributed by atoms with Gasteiger partial charge in [0.15, 0.2) is 5.82 Å². The van der Waals surface area contributed by atoms with Gasteiger partial charge < -0.3 is 10.2 Å². The standard InChI is InChI=1S/C24H32N4O/c1-4-17-28(21-15-16-25-23(27-21)19-11-7-5-8-12-19)22(18(2)3)24(29)26-20-13-9-6-10-14-20/h4-5,7-8,11-12,15-16,18,20,22H,1,6,9-10,13-14,17H2,2-3H3,(H,26,29). The van der Waals surface area contributed by atoms with Gasteiger partial charge in [-0.2, -0.15) is 0 Å². The molecule has 0 saturated heterocycles. The summed E-state index contributed by atoms with van der Waals surface area (Å²) < 4.78 is 0. The second-order valence-corrected chi connectivity index (χ2v) is 8.08. The summed E-state index contributed by atoms with van der Waals surface area (Å²) in [7, 11) is 0. The maximum Gasteiger partial charge on any atom is 0.243 e. The van der Waals surface area contributed by atoms with Crippen molar-refractivity contribution in [2.45, 2.75) is 58.0 Å². The molecule has 1 aromatic carbocycles. The highest BCUT2D eigenvalue weighted by atomic mass is 16.2. The maximum atomic E-state index is 13.3. The Bertz CT molecular complexity index is 800. The van der Waals surface area contributed by atoms with Crippen LogP contribution in [0.4, 0.5) is 5.82 Å². The van der Waals surface area contributed by atoms with E-state index in [2.05, 4.69) is 30.7 Å². The molecule has 1 saturated carbocycles. The van der Waals surface area contributed by atoms with E-state index in [9.17, 15) is 4.79 Å². The SMILES string of the molecule is C=CCN(c1ccnc(-c2ccccc2)n1)C(C(=O)NC1CCCCC1)C(C)C. The fourth-order valence-corrected chi connectivity index (χ4v) is 4.06. The van der Waals surface area contributed by atoms with E-state index in [0.29, 0.717) is 12.4 Å². The summed E-state index contributed by atoms with van der Waals surface area (Å²) in [5.41, 5.74) is 0.959. The van der Waals surface area contributed by atoms with Crippen molar-refractivity contribution >= 4 is 11.7 Å². The van der Waals surface area contributed by atoms with Crippen molar-refractivity contribution in [1.29, 1.82) is 0 Å². The number of anilines is 1. The van der Waals surface area contributed by atoms with E-state index in [1.165, 1.54) is 19.3 Å². The molecular weight excluding hydrogens is 360 g/mol. The average Bonchev–Trinajstić information content (AvgIpc) is 2.74. The minimum absolute atomic E-state index is 0.0774. The summed E-state index contributed by atoms with van der Waals surface area (Å²) in [6.07, 6.45) is 9.39. The van der Waals surface area contributed by atoms with Crippen molar-refractivity contribution in [3.05, 3.63) is 55.3 Å². The van der Waals surface area contributed by atoms with Crippen LogP contribution in [-0.4, -0.2) is 34.5 Å². The van der Waals surface area contributed by atoms with Crippen LogP contribution in [-0.2, 0) is 4.79 Å². The number of hydrogen-bond donors (Lipinski definition) is 1. The fraction of sp³-hybridized carbons (Fsp3) is 0.458. The van der Waals surface area contributed by atoms with E-state index in [1.54, 1.807) is 6.20 Å². The summed E-state index contributed by atoms with van der Waals surface area (Å²) in [4.78, 5) is 24.5. The Morgan fingerprint density at radius 2 is 1.93 bits per heavy atom. The van der Waals surface area contributed by atoms with Crippen LogP contribution in [0.15, 0.2) is 55.3 Å². The number of aromatic nitrogens is 2. The van der Waals surface area contributed by atoms with Crippen LogP contribution < -0.4 is 10.2 Å². The molecule has 1 atom stereocenters. The van der Waals surface area contributed by atoms with Gasteiger partial charge in [-0.25, -0.2) is 9.97 Å². The normalized spacial score (nSPS) is 15.7. The van der Waals surface area contributed by atoms with E-state index >= 15 is 0 Å². The van der Waals surface area contributed by atoms with Crippen LogP contribution in [0, 0.1) is 5.92 Å². The summed E-state index contributed by atoms with van der Waals surface area (Å²) >= 11 is 0. The zero-order valence-electron chi connectivity index (χ0n) is 17.6. The fourth-order valence-electron chi connectivity index (χ4n) is 4.06. The smallest absolute Gasteiger partial charge is 0.243 e. The third kappa shape index (κ3) is 5.43. The summed E-state index contributed by atoms with van der Waals surface area (Å²) in [5, 5.41) is 3.30. The van der Waals surface area contributed by atoms with Crippen molar-refractivity contribution in [2.24, 2.45) is 5.92 Å². The highest BCUT2D eigenvalue weighted by Gasteiger charge is 2.31. The molecule has 3 rings (SSSR count).